The molecule has 4 aromatic rings. The lowest BCUT2D eigenvalue weighted by Gasteiger charge is -2.20. The second kappa shape index (κ2) is 24.1. The zero-order valence-electron chi connectivity index (χ0n) is 28.5. The fourth-order valence-electron chi connectivity index (χ4n) is 4.36. The molecule has 4 rings (SSSR count). The second-order valence-electron chi connectivity index (χ2n) is 10.7. The molecule has 3 atom stereocenters. The van der Waals surface area contributed by atoms with Crippen molar-refractivity contribution < 1.29 is 23.9 Å². The highest BCUT2D eigenvalue weighted by molar-refractivity contribution is 7.98. The molecule has 0 radical (unpaired) electrons. The molecule has 1 amide bonds. The van der Waals surface area contributed by atoms with E-state index < -0.39 is 24.1 Å². The third-order valence-corrected chi connectivity index (χ3v) is 8.03. The fraction of sp³-hybridized carbons (Fsp3) is 0.308. The van der Waals surface area contributed by atoms with E-state index in [1.54, 1.807) is 11.8 Å². The summed E-state index contributed by atoms with van der Waals surface area (Å²) in [6.07, 6.45) is 3.29. The van der Waals surface area contributed by atoms with Crippen LogP contribution in [-0.2, 0) is 49.9 Å². The van der Waals surface area contributed by atoms with E-state index in [2.05, 4.69) is 17.9 Å². The van der Waals surface area contributed by atoms with E-state index in [4.69, 9.17) is 20.9 Å². The number of thiol groups is 1. The molecule has 8 nitrogen and oxygen atoms in total. The molecule has 0 aliphatic carbocycles. The van der Waals surface area contributed by atoms with Crippen LogP contribution in [-0.4, -0.2) is 48.0 Å². The monoisotopic (exact) mass is 703 g/mol. The molecular weight excluding hydrogens is 655 g/mol. The number of hydrogen-bond acceptors (Lipinski definition) is 9. The van der Waals surface area contributed by atoms with Gasteiger partial charge in [-0.15, -0.1) is 11.8 Å². The minimum atomic E-state index is -0.792. The molecule has 4 aromatic carbocycles. The molecule has 0 aliphatic rings. The summed E-state index contributed by atoms with van der Waals surface area (Å²) in [5, 5.41) is 2.71. The molecule has 10 heteroatoms. The Morgan fingerprint density at radius 1 is 0.653 bits per heavy atom. The van der Waals surface area contributed by atoms with Gasteiger partial charge in [0.05, 0.1) is 6.04 Å². The van der Waals surface area contributed by atoms with Crippen LogP contribution < -0.4 is 16.8 Å². The van der Waals surface area contributed by atoms with E-state index in [9.17, 15) is 14.4 Å². The topological polar surface area (TPSA) is 134 Å². The Hall–Kier alpha value is -4.09. The van der Waals surface area contributed by atoms with Gasteiger partial charge < -0.3 is 26.3 Å². The van der Waals surface area contributed by atoms with Crippen LogP contribution in [0.1, 0.15) is 42.5 Å². The van der Waals surface area contributed by atoms with Crippen LogP contribution in [0.3, 0.4) is 0 Å². The third-order valence-electron chi connectivity index (χ3n) is 7.03. The average Bonchev–Trinajstić information content (AvgIpc) is 3.15. The van der Waals surface area contributed by atoms with Gasteiger partial charge in [0.1, 0.15) is 25.3 Å². The Labute approximate surface area is 300 Å². The van der Waals surface area contributed by atoms with Gasteiger partial charge in [-0.25, -0.2) is 4.79 Å². The standard InChI is InChI=1S/C20H24N2O3S.C17H19NO2S.C2H6/c21-17(11-12-26)19(23)22-18(13-15-7-3-1-4-8-15)20(24)25-14-16-9-5-2-6-10-16;1-21-15-9-7-14(8-10-15)12-20-17(19)16(18)11-13-5-3-2-4-6-13;1-2/h1-10,17-18,26H,11-14,21H2,(H,22,23);2-10,16H,11-12,18H2,1H3;1-2H3. The minimum absolute atomic E-state index is 0.156. The number of rotatable bonds is 15. The summed E-state index contributed by atoms with van der Waals surface area (Å²) in [4.78, 5) is 37.9. The van der Waals surface area contributed by atoms with Crippen LogP contribution in [0.5, 0.6) is 0 Å². The summed E-state index contributed by atoms with van der Waals surface area (Å²) in [6, 6.07) is 34.4. The van der Waals surface area contributed by atoms with Gasteiger partial charge in [0.2, 0.25) is 5.91 Å². The van der Waals surface area contributed by atoms with Crippen molar-refractivity contribution in [2.24, 2.45) is 11.5 Å². The zero-order chi connectivity index (χ0) is 35.9. The van der Waals surface area contributed by atoms with Gasteiger partial charge in [0, 0.05) is 11.3 Å². The summed E-state index contributed by atoms with van der Waals surface area (Å²) in [5.41, 5.74) is 15.5. The first-order valence-electron chi connectivity index (χ1n) is 16.3. The van der Waals surface area contributed by atoms with Crippen molar-refractivity contribution in [2.45, 2.75) is 69.3 Å². The quantitative estimate of drug-likeness (QED) is 0.0659. The normalized spacial score (nSPS) is 12.0. The first-order chi connectivity index (χ1) is 23.8. The molecule has 0 saturated heterocycles. The summed E-state index contributed by atoms with van der Waals surface area (Å²) >= 11 is 5.77. The van der Waals surface area contributed by atoms with Crippen molar-refractivity contribution in [1.82, 2.24) is 5.32 Å². The lowest BCUT2D eigenvalue weighted by atomic mass is 10.1. The van der Waals surface area contributed by atoms with Gasteiger partial charge in [-0.05, 0) is 59.2 Å². The number of thioether (sulfide) groups is 1. The number of carbonyl (C=O) groups excluding carboxylic acids is 3. The van der Waals surface area contributed by atoms with Gasteiger partial charge in [-0.1, -0.05) is 117 Å². The Bertz CT molecular complexity index is 1490. The highest BCUT2D eigenvalue weighted by Crippen LogP contribution is 2.15. The molecule has 0 heterocycles. The molecule has 0 spiro atoms. The number of nitrogens with two attached hydrogens (primary N) is 2. The molecule has 0 saturated carbocycles. The zero-order valence-corrected chi connectivity index (χ0v) is 30.2. The van der Waals surface area contributed by atoms with Crippen LogP contribution in [0.15, 0.2) is 120 Å². The number of ether oxygens (including phenoxy) is 2. The van der Waals surface area contributed by atoms with E-state index in [1.807, 2.05) is 135 Å². The highest BCUT2D eigenvalue weighted by atomic mass is 32.2. The average molecular weight is 704 g/mol. The summed E-state index contributed by atoms with van der Waals surface area (Å²) < 4.78 is 10.7. The van der Waals surface area contributed by atoms with Gasteiger partial charge in [-0.3, -0.25) is 9.59 Å². The summed E-state index contributed by atoms with van der Waals surface area (Å²) in [5.74, 6) is -0.732. The van der Waals surface area contributed by atoms with Crippen molar-refractivity contribution in [3.8, 4) is 0 Å². The predicted molar refractivity (Wildman–Crippen MR) is 202 cm³/mol. The van der Waals surface area contributed by atoms with Gasteiger partial charge in [-0.2, -0.15) is 12.6 Å². The molecule has 0 fully saturated rings. The Kier molecular flexibility index (Phi) is 20.2. The first kappa shape index (κ1) is 41.1. The van der Waals surface area contributed by atoms with E-state index in [0.717, 1.165) is 22.3 Å². The lowest BCUT2D eigenvalue weighted by Crippen LogP contribution is -2.50. The Balaban J connectivity index is 0.000000330. The number of esters is 2. The molecule has 5 N–H and O–H groups in total. The maximum absolute atomic E-state index is 12.5. The largest absolute Gasteiger partial charge is 0.460 e. The first-order valence-corrected chi connectivity index (χ1v) is 18.1. The number of amides is 1. The lowest BCUT2D eigenvalue weighted by molar-refractivity contribution is -0.149. The molecule has 3 unspecified atom stereocenters. The summed E-state index contributed by atoms with van der Waals surface area (Å²) in [7, 11) is 0. The second-order valence-corrected chi connectivity index (χ2v) is 12.0. The van der Waals surface area contributed by atoms with Crippen molar-refractivity contribution in [1.29, 1.82) is 0 Å². The van der Waals surface area contributed by atoms with Crippen LogP contribution in [0.4, 0.5) is 0 Å². The van der Waals surface area contributed by atoms with Crippen LogP contribution >= 0.6 is 24.4 Å². The fourth-order valence-corrected chi connectivity index (χ4v) is 5.04. The van der Waals surface area contributed by atoms with Crippen LogP contribution in [0.25, 0.3) is 0 Å². The molecule has 262 valence electrons. The minimum Gasteiger partial charge on any atom is -0.460 e. The molecule has 49 heavy (non-hydrogen) atoms. The number of nitrogens with one attached hydrogen (secondary N) is 1. The Morgan fingerprint density at radius 3 is 1.59 bits per heavy atom. The maximum Gasteiger partial charge on any atom is 0.329 e. The van der Waals surface area contributed by atoms with E-state index >= 15 is 0 Å². The van der Waals surface area contributed by atoms with Crippen molar-refractivity contribution in [3.63, 3.8) is 0 Å². The highest BCUT2D eigenvalue weighted by Gasteiger charge is 2.25. The summed E-state index contributed by atoms with van der Waals surface area (Å²) in [6.45, 7) is 4.42. The third kappa shape index (κ3) is 16.2. The van der Waals surface area contributed by atoms with Crippen molar-refractivity contribution in [2.75, 3.05) is 12.0 Å². The maximum atomic E-state index is 12.5. The number of carbonyl (C=O) groups is 3. The number of hydrogen-bond donors (Lipinski definition) is 4. The van der Waals surface area contributed by atoms with E-state index in [0.29, 0.717) is 25.0 Å². The van der Waals surface area contributed by atoms with Gasteiger partial charge in [0.25, 0.3) is 0 Å². The Morgan fingerprint density at radius 2 is 1.10 bits per heavy atom. The SMILES string of the molecule is CC.CSc1ccc(COC(=O)C(N)Cc2ccccc2)cc1.NC(CCS)C(=O)NC(Cc1ccccc1)C(=O)OCc1ccccc1. The van der Waals surface area contributed by atoms with Crippen LogP contribution in [0.2, 0.25) is 0 Å². The van der Waals surface area contributed by atoms with Gasteiger partial charge in [0.15, 0.2) is 0 Å². The van der Waals surface area contributed by atoms with Gasteiger partial charge >= 0.3 is 11.9 Å². The molecular formula is C39H49N3O5S2. The molecule has 0 bridgehead atoms. The van der Waals surface area contributed by atoms with E-state index in [1.165, 1.54) is 4.90 Å². The smallest absolute Gasteiger partial charge is 0.329 e. The number of benzene rings is 4. The van der Waals surface area contributed by atoms with Crippen molar-refractivity contribution in [3.05, 3.63) is 138 Å². The van der Waals surface area contributed by atoms with Crippen molar-refractivity contribution >= 4 is 42.2 Å². The predicted octanol–water partition coefficient (Wildman–Crippen LogP) is 6.15. The van der Waals surface area contributed by atoms with E-state index in [-0.39, 0.29) is 25.1 Å². The van der Waals surface area contributed by atoms with Crippen LogP contribution in [0, 0.1) is 0 Å². The molecule has 0 aliphatic heterocycles. The molecule has 0 aromatic heterocycles.